The van der Waals surface area contributed by atoms with Gasteiger partial charge in [-0.3, -0.25) is 0 Å². The van der Waals surface area contributed by atoms with Gasteiger partial charge in [0.25, 0.3) is 0 Å². The average Bonchev–Trinajstić information content (AvgIpc) is 2.68. The Hall–Kier alpha value is -2.44. The normalized spacial score (nSPS) is 17.2. The molecule has 0 unspecified atom stereocenters. The molecule has 0 saturated carbocycles. The van der Waals surface area contributed by atoms with Gasteiger partial charge >= 0.3 is 0 Å². The molecule has 1 saturated heterocycles. The van der Waals surface area contributed by atoms with E-state index in [-0.39, 0.29) is 0 Å². The molecule has 7 nitrogen and oxygen atoms in total. The molecule has 1 fully saturated rings. The molecule has 3 heterocycles. The first-order valence-electron chi connectivity index (χ1n) is 9.56. The first-order valence-corrected chi connectivity index (χ1v) is 9.56. The molecule has 0 spiro atoms. The number of fused-ring (bicyclic) bond motifs is 1. The summed E-state index contributed by atoms with van der Waals surface area (Å²) in [6, 6.07) is 1.80. The van der Waals surface area contributed by atoms with E-state index in [9.17, 15) is 0 Å². The van der Waals surface area contributed by atoms with E-state index < -0.39 is 0 Å². The van der Waals surface area contributed by atoms with Crippen LogP contribution < -0.4 is 14.5 Å². The van der Waals surface area contributed by atoms with Gasteiger partial charge < -0.3 is 14.5 Å². The fourth-order valence-corrected chi connectivity index (χ4v) is 3.79. The van der Waals surface area contributed by atoms with Crippen LogP contribution >= 0.6 is 0 Å². The maximum absolute atomic E-state index is 5.50. The van der Waals surface area contributed by atoms with Crippen molar-refractivity contribution in [1.29, 1.82) is 0 Å². The number of hydrogen-bond donors (Lipinski definition) is 0. The number of aryl methyl sites for hydroxylation is 2. The molecule has 138 valence electrons. The van der Waals surface area contributed by atoms with Crippen LogP contribution in [0, 0.1) is 6.92 Å². The lowest BCUT2D eigenvalue weighted by Crippen LogP contribution is -2.48. The molecule has 1 aliphatic heterocycles. The quantitative estimate of drug-likeness (QED) is 0.833. The van der Waals surface area contributed by atoms with Gasteiger partial charge in [0.2, 0.25) is 11.8 Å². The zero-order valence-corrected chi connectivity index (χ0v) is 15.6. The van der Waals surface area contributed by atoms with E-state index in [1.54, 1.807) is 12.3 Å². The molecule has 0 atom stereocenters. The second kappa shape index (κ2) is 7.43. The van der Waals surface area contributed by atoms with Crippen molar-refractivity contribution in [2.75, 3.05) is 42.6 Å². The standard InChI is InChI=1S/C19H26N6O/c1-3-26-17-8-9-20-19(23-17)25-12-10-24(11-13-25)18-15-6-4-5-7-16(15)21-14(2)22-18/h8-9H,3-7,10-13H2,1-2H3. The van der Waals surface area contributed by atoms with Crippen molar-refractivity contribution in [3.05, 3.63) is 29.3 Å². The second-order valence-electron chi connectivity index (χ2n) is 6.83. The summed E-state index contributed by atoms with van der Waals surface area (Å²) in [6.45, 7) is 8.19. The minimum atomic E-state index is 0.613. The molecule has 2 aromatic heterocycles. The summed E-state index contributed by atoms with van der Waals surface area (Å²) >= 11 is 0. The summed E-state index contributed by atoms with van der Waals surface area (Å²) in [5, 5.41) is 0. The predicted octanol–water partition coefficient (Wildman–Crippen LogP) is 2.18. The van der Waals surface area contributed by atoms with Gasteiger partial charge in [0.1, 0.15) is 11.6 Å². The molecule has 0 aromatic carbocycles. The molecule has 26 heavy (non-hydrogen) atoms. The predicted molar refractivity (Wildman–Crippen MR) is 101 cm³/mol. The Morgan fingerprint density at radius 2 is 1.77 bits per heavy atom. The SMILES string of the molecule is CCOc1ccnc(N2CCN(c3nc(C)nc4c3CCCC4)CC2)n1. The van der Waals surface area contributed by atoms with Gasteiger partial charge in [0, 0.05) is 49.7 Å². The van der Waals surface area contributed by atoms with Crippen LogP contribution in [0.25, 0.3) is 0 Å². The lowest BCUT2D eigenvalue weighted by molar-refractivity contribution is 0.326. The van der Waals surface area contributed by atoms with Crippen molar-refractivity contribution in [3.63, 3.8) is 0 Å². The molecule has 4 rings (SSSR count). The van der Waals surface area contributed by atoms with E-state index in [2.05, 4.69) is 24.8 Å². The number of ether oxygens (including phenoxy) is 1. The minimum absolute atomic E-state index is 0.613. The molecule has 2 aromatic rings. The lowest BCUT2D eigenvalue weighted by atomic mass is 9.96. The highest BCUT2D eigenvalue weighted by atomic mass is 16.5. The van der Waals surface area contributed by atoms with Crippen LogP contribution in [0.4, 0.5) is 11.8 Å². The number of aromatic nitrogens is 4. The molecule has 0 amide bonds. The van der Waals surface area contributed by atoms with Crippen molar-refractivity contribution >= 4 is 11.8 Å². The van der Waals surface area contributed by atoms with Crippen molar-refractivity contribution in [3.8, 4) is 5.88 Å². The van der Waals surface area contributed by atoms with Crippen LogP contribution in [0.1, 0.15) is 36.8 Å². The van der Waals surface area contributed by atoms with Gasteiger partial charge in [-0.25, -0.2) is 15.0 Å². The monoisotopic (exact) mass is 354 g/mol. The van der Waals surface area contributed by atoms with Crippen molar-refractivity contribution in [2.24, 2.45) is 0 Å². The maximum atomic E-state index is 5.50. The summed E-state index contributed by atoms with van der Waals surface area (Å²) < 4.78 is 5.50. The first-order chi connectivity index (χ1) is 12.7. The topological polar surface area (TPSA) is 67.3 Å². The van der Waals surface area contributed by atoms with Crippen molar-refractivity contribution in [2.45, 2.75) is 39.5 Å². The summed E-state index contributed by atoms with van der Waals surface area (Å²) in [6.07, 6.45) is 6.44. The third-order valence-corrected chi connectivity index (χ3v) is 5.04. The molecule has 0 bridgehead atoms. The smallest absolute Gasteiger partial charge is 0.228 e. The largest absolute Gasteiger partial charge is 0.478 e. The van der Waals surface area contributed by atoms with E-state index in [1.165, 1.54) is 24.1 Å². The Balaban J connectivity index is 1.49. The Labute approximate surface area is 154 Å². The summed E-state index contributed by atoms with van der Waals surface area (Å²) in [4.78, 5) is 23.0. The van der Waals surface area contributed by atoms with Gasteiger partial charge in [0.15, 0.2) is 0 Å². The number of anilines is 2. The highest BCUT2D eigenvalue weighted by Crippen LogP contribution is 2.29. The van der Waals surface area contributed by atoms with Crippen LogP contribution in [-0.2, 0) is 12.8 Å². The van der Waals surface area contributed by atoms with Gasteiger partial charge in [-0.1, -0.05) is 0 Å². The molecular weight excluding hydrogens is 328 g/mol. The number of hydrogen-bond acceptors (Lipinski definition) is 7. The Bertz CT molecular complexity index is 773. The van der Waals surface area contributed by atoms with Crippen LogP contribution in [0.3, 0.4) is 0 Å². The van der Waals surface area contributed by atoms with Crippen LogP contribution in [0.2, 0.25) is 0 Å². The molecule has 1 aliphatic carbocycles. The first kappa shape index (κ1) is 17.0. The Kier molecular flexibility index (Phi) is 4.86. The fourth-order valence-electron chi connectivity index (χ4n) is 3.79. The van der Waals surface area contributed by atoms with Gasteiger partial charge in [0.05, 0.1) is 6.61 Å². The number of piperazine rings is 1. The van der Waals surface area contributed by atoms with Crippen molar-refractivity contribution in [1.82, 2.24) is 19.9 Å². The van der Waals surface area contributed by atoms with E-state index >= 15 is 0 Å². The lowest BCUT2D eigenvalue weighted by Gasteiger charge is -2.37. The molecular formula is C19H26N6O. The molecule has 7 heteroatoms. The van der Waals surface area contributed by atoms with Gasteiger partial charge in [-0.15, -0.1) is 0 Å². The Morgan fingerprint density at radius 1 is 1.00 bits per heavy atom. The molecule has 0 N–H and O–H groups in total. The van der Waals surface area contributed by atoms with E-state index in [0.717, 1.165) is 56.6 Å². The van der Waals surface area contributed by atoms with E-state index in [0.29, 0.717) is 12.5 Å². The van der Waals surface area contributed by atoms with Gasteiger partial charge in [-0.05, 0) is 39.5 Å². The third-order valence-electron chi connectivity index (χ3n) is 5.04. The number of nitrogens with zero attached hydrogens (tertiary/aromatic N) is 6. The zero-order chi connectivity index (χ0) is 17.9. The summed E-state index contributed by atoms with van der Waals surface area (Å²) in [7, 11) is 0. The van der Waals surface area contributed by atoms with E-state index in [4.69, 9.17) is 9.72 Å². The zero-order valence-electron chi connectivity index (χ0n) is 15.6. The average molecular weight is 354 g/mol. The fraction of sp³-hybridized carbons (Fsp3) is 0.579. The Morgan fingerprint density at radius 3 is 2.58 bits per heavy atom. The molecule has 0 radical (unpaired) electrons. The summed E-state index contributed by atoms with van der Waals surface area (Å²) in [5.74, 6) is 3.42. The minimum Gasteiger partial charge on any atom is -0.478 e. The number of rotatable bonds is 4. The molecule has 2 aliphatic rings. The highest BCUT2D eigenvalue weighted by molar-refractivity contribution is 5.52. The maximum Gasteiger partial charge on any atom is 0.228 e. The third kappa shape index (κ3) is 3.43. The van der Waals surface area contributed by atoms with Gasteiger partial charge in [-0.2, -0.15) is 4.98 Å². The van der Waals surface area contributed by atoms with Crippen LogP contribution in [0.5, 0.6) is 5.88 Å². The van der Waals surface area contributed by atoms with E-state index in [1.807, 2.05) is 13.8 Å². The second-order valence-corrected chi connectivity index (χ2v) is 6.83. The van der Waals surface area contributed by atoms with Crippen LogP contribution in [-0.4, -0.2) is 52.7 Å². The van der Waals surface area contributed by atoms with Crippen molar-refractivity contribution < 1.29 is 4.74 Å². The highest BCUT2D eigenvalue weighted by Gasteiger charge is 2.25. The summed E-state index contributed by atoms with van der Waals surface area (Å²) in [5.41, 5.74) is 2.62. The van der Waals surface area contributed by atoms with Crippen LogP contribution in [0.15, 0.2) is 12.3 Å².